The lowest BCUT2D eigenvalue weighted by Gasteiger charge is -2.18. The van der Waals surface area contributed by atoms with Crippen molar-refractivity contribution >= 4 is 44.5 Å². The smallest absolute Gasteiger partial charge is 0.330 e. The lowest BCUT2D eigenvalue weighted by molar-refractivity contribution is -0.137. The Morgan fingerprint density at radius 3 is 2.79 bits per heavy atom. The van der Waals surface area contributed by atoms with E-state index in [4.69, 9.17) is 4.74 Å². The second-order valence-electron chi connectivity index (χ2n) is 6.91. The van der Waals surface area contributed by atoms with Crippen LogP contribution in [0.25, 0.3) is 10.8 Å². The molecular weight excluding hydrogens is 436 g/mol. The molecule has 0 aliphatic carbocycles. The molecule has 0 saturated carbocycles. The Hall–Kier alpha value is -2.67. The summed E-state index contributed by atoms with van der Waals surface area (Å²) in [4.78, 5) is 36.5. The molecule has 0 radical (unpaired) electrons. The Morgan fingerprint density at radius 2 is 2.07 bits per heavy atom. The van der Waals surface area contributed by atoms with E-state index in [1.165, 1.54) is 6.08 Å². The molecule has 1 saturated heterocycles. The van der Waals surface area contributed by atoms with E-state index in [9.17, 15) is 14.4 Å². The number of carbonyl (C=O) groups excluding carboxylic acids is 3. The molecule has 2 aromatic rings. The molecular formula is C22H23BrN2O4. The van der Waals surface area contributed by atoms with E-state index in [1.54, 1.807) is 19.1 Å². The number of carbonyl (C=O) groups is 3. The molecule has 0 spiro atoms. The molecule has 0 bridgehead atoms. The van der Waals surface area contributed by atoms with Crippen molar-refractivity contribution in [2.75, 3.05) is 13.2 Å². The summed E-state index contributed by atoms with van der Waals surface area (Å²) in [5.74, 6) is -0.953. The number of fused-ring (bicyclic) bond motifs is 1. The summed E-state index contributed by atoms with van der Waals surface area (Å²) >= 11 is 3.44. The summed E-state index contributed by atoms with van der Waals surface area (Å²) in [6.45, 7) is 2.63. The lowest BCUT2D eigenvalue weighted by Crippen LogP contribution is -2.36. The van der Waals surface area contributed by atoms with Gasteiger partial charge in [-0.3, -0.25) is 9.59 Å². The fourth-order valence-corrected chi connectivity index (χ4v) is 3.74. The van der Waals surface area contributed by atoms with Crippen LogP contribution in [-0.4, -0.2) is 37.0 Å². The van der Waals surface area contributed by atoms with Crippen LogP contribution >= 0.6 is 15.9 Å². The number of amides is 2. The Bertz CT molecular complexity index is 957. The molecule has 2 unspecified atom stereocenters. The first-order valence-corrected chi connectivity index (χ1v) is 10.4. The average Bonchev–Trinajstić information content (AvgIpc) is 3.10. The number of hydrogen-bond donors (Lipinski definition) is 2. The van der Waals surface area contributed by atoms with Crippen LogP contribution in [0, 0.1) is 5.92 Å². The van der Waals surface area contributed by atoms with Crippen LogP contribution in [0.3, 0.4) is 0 Å². The van der Waals surface area contributed by atoms with Crippen molar-refractivity contribution in [3.05, 3.63) is 58.6 Å². The quantitative estimate of drug-likeness (QED) is 0.492. The maximum atomic E-state index is 12.8. The van der Waals surface area contributed by atoms with Gasteiger partial charge in [-0.05, 0) is 54.8 Å². The fraction of sp³-hybridized carbons (Fsp3) is 0.318. The standard InChI is InChI=1S/C22H23BrN2O4/c1-2-29-20(26)8-7-19(13-16-9-10-24-21(16)27)25-22(28)15-4-3-14-5-6-18(23)12-17(14)11-15/h3-8,11-12,16,19H,2,9-10,13H2,1H3,(H,24,27)(H,25,28)/b8-7+. The van der Waals surface area contributed by atoms with E-state index in [2.05, 4.69) is 26.6 Å². The zero-order chi connectivity index (χ0) is 20.8. The molecule has 2 amide bonds. The summed E-state index contributed by atoms with van der Waals surface area (Å²) in [5.41, 5.74) is 0.515. The van der Waals surface area contributed by atoms with Crippen LogP contribution in [0.2, 0.25) is 0 Å². The third-order valence-corrected chi connectivity index (χ3v) is 5.33. The SMILES string of the molecule is CCOC(=O)/C=C/C(CC1CCNC1=O)NC(=O)c1ccc2ccc(Br)cc2c1. The summed E-state index contributed by atoms with van der Waals surface area (Å²) in [7, 11) is 0. The van der Waals surface area contributed by atoms with Gasteiger partial charge in [-0.2, -0.15) is 0 Å². The number of halogens is 1. The number of rotatable bonds is 7. The Kier molecular flexibility index (Phi) is 7.04. The van der Waals surface area contributed by atoms with Gasteiger partial charge < -0.3 is 15.4 Å². The Morgan fingerprint density at radius 1 is 1.28 bits per heavy atom. The van der Waals surface area contributed by atoms with E-state index >= 15 is 0 Å². The van der Waals surface area contributed by atoms with Crippen molar-refractivity contribution in [3.63, 3.8) is 0 Å². The predicted molar refractivity (Wildman–Crippen MR) is 114 cm³/mol. The topological polar surface area (TPSA) is 84.5 Å². The van der Waals surface area contributed by atoms with Gasteiger partial charge in [-0.15, -0.1) is 0 Å². The number of ether oxygens (including phenoxy) is 1. The number of nitrogens with one attached hydrogen (secondary N) is 2. The molecule has 1 heterocycles. The Balaban J connectivity index is 1.77. The number of esters is 1. The van der Waals surface area contributed by atoms with E-state index < -0.39 is 12.0 Å². The van der Waals surface area contributed by atoms with E-state index in [0.717, 1.165) is 15.2 Å². The van der Waals surface area contributed by atoms with Gasteiger partial charge in [0, 0.05) is 34.6 Å². The van der Waals surface area contributed by atoms with Crippen LogP contribution in [0.5, 0.6) is 0 Å². The minimum absolute atomic E-state index is 0.0238. The monoisotopic (exact) mass is 458 g/mol. The van der Waals surface area contributed by atoms with Crippen LogP contribution in [0.15, 0.2) is 53.0 Å². The molecule has 1 aliphatic rings. The van der Waals surface area contributed by atoms with Gasteiger partial charge in [0.05, 0.1) is 6.61 Å². The van der Waals surface area contributed by atoms with E-state index in [-0.39, 0.29) is 24.3 Å². The van der Waals surface area contributed by atoms with Crippen LogP contribution in [-0.2, 0) is 14.3 Å². The first-order valence-electron chi connectivity index (χ1n) is 9.59. The zero-order valence-electron chi connectivity index (χ0n) is 16.1. The van der Waals surface area contributed by atoms with Crippen molar-refractivity contribution < 1.29 is 19.1 Å². The van der Waals surface area contributed by atoms with Gasteiger partial charge in [0.15, 0.2) is 0 Å². The maximum Gasteiger partial charge on any atom is 0.330 e. The highest BCUT2D eigenvalue weighted by atomic mass is 79.9. The van der Waals surface area contributed by atoms with Gasteiger partial charge in [0.25, 0.3) is 5.91 Å². The molecule has 29 heavy (non-hydrogen) atoms. The molecule has 3 rings (SSSR count). The molecule has 0 aromatic heterocycles. The highest BCUT2D eigenvalue weighted by Gasteiger charge is 2.27. The lowest BCUT2D eigenvalue weighted by atomic mass is 9.97. The van der Waals surface area contributed by atoms with Gasteiger partial charge in [0.1, 0.15) is 0 Å². The first-order chi connectivity index (χ1) is 14.0. The number of hydrogen-bond acceptors (Lipinski definition) is 4. The van der Waals surface area contributed by atoms with Crippen molar-refractivity contribution in [2.45, 2.75) is 25.8 Å². The van der Waals surface area contributed by atoms with Gasteiger partial charge in [-0.25, -0.2) is 4.79 Å². The molecule has 2 aromatic carbocycles. The zero-order valence-corrected chi connectivity index (χ0v) is 17.7. The molecule has 1 aliphatic heterocycles. The van der Waals surface area contributed by atoms with E-state index in [0.29, 0.717) is 24.9 Å². The predicted octanol–water partition coefficient (Wildman–Crippen LogP) is 3.35. The molecule has 2 N–H and O–H groups in total. The van der Waals surface area contributed by atoms with E-state index in [1.807, 2.05) is 30.3 Å². The van der Waals surface area contributed by atoms with Crippen LogP contribution in [0.4, 0.5) is 0 Å². The second kappa shape index (κ2) is 9.69. The molecule has 152 valence electrons. The van der Waals surface area contributed by atoms with Crippen LogP contribution in [0.1, 0.15) is 30.1 Å². The highest BCUT2D eigenvalue weighted by Crippen LogP contribution is 2.22. The normalized spacial score (nSPS) is 17.3. The summed E-state index contributed by atoms with van der Waals surface area (Å²) in [6, 6.07) is 10.9. The minimum atomic E-state index is -0.474. The van der Waals surface area contributed by atoms with Gasteiger partial charge >= 0.3 is 5.97 Å². The fourth-order valence-electron chi connectivity index (χ4n) is 3.36. The molecule has 6 nitrogen and oxygen atoms in total. The largest absolute Gasteiger partial charge is 0.463 e. The van der Waals surface area contributed by atoms with Gasteiger partial charge in [0.2, 0.25) is 5.91 Å². The maximum absolute atomic E-state index is 12.8. The van der Waals surface area contributed by atoms with Crippen molar-refractivity contribution in [3.8, 4) is 0 Å². The average molecular weight is 459 g/mol. The highest BCUT2D eigenvalue weighted by molar-refractivity contribution is 9.10. The summed E-state index contributed by atoms with van der Waals surface area (Å²) < 4.78 is 5.85. The van der Waals surface area contributed by atoms with Crippen molar-refractivity contribution in [1.29, 1.82) is 0 Å². The van der Waals surface area contributed by atoms with Crippen molar-refractivity contribution in [2.24, 2.45) is 5.92 Å². The van der Waals surface area contributed by atoms with Crippen molar-refractivity contribution in [1.82, 2.24) is 10.6 Å². The third kappa shape index (κ3) is 5.67. The molecule has 1 fully saturated rings. The molecule has 7 heteroatoms. The minimum Gasteiger partial charge on any atom is -0.463 e. The first kappa shape index (κ1) is 21.0. The number of benzene rings is 2. The second-order valence-corrected chi connectivity index (χ2v) is 7.83. The van der Waals surface area contributed by atoms with Gasteiger partial charge in [-0.1, -0.05) is 34.1 Å². The summed E-state index contributed by atoms with van der Waals surface area (Å²) in [5, 5.41) is 7.71. The molecule has 2 atom stereocenters. The summed E-state index contributed by atoms with van der Waals surface area (Å²) in [6.07, 6.45) is 4.03. The third-order valence-electron chi connectivity index (χ3n) is 4.83. The van der Waals surface area contributed by atoms with Crippen LogP contribution < -0.4 is 10.6 Å². The Labute approximate surface area is 177 Å².